The number of thioether (sulfide) groups is 1. The Kier molecular flexibility index (Phi) is 4.07. The van der Waals surface area contributed by atoms with Gasteiger partial charge in [0.2, 0.25) is 0 Å². The molecule has 3 N–H and O–H groups in total. The van der Waals surface area contributed by atoms with Gasteiger partial charge in [-0.1, -0.05) is 0 Å². The minimum absolute atomic E-state index is 0.0949. The Bertz CT molecular complexity index is 659. The van der Waals surface area contributed by atoms with E-state index in [9.17, 15) is 4.79 Å². The fraction of sp³-hybridized carbons (Fsp3) is 0.267. The summed E-state index contributed by atoms with van der Waals surface area (Å²) in [5.74, 6) is 2.62. The number of fused-ring (bicyclic) bond motifs is 1. The highest BCUT2D eigenvalue weighted by Crippen LogP contribution is 2.33. The molecule has 0 spiro atoms. The molecule has 110 valence electrons. The van der Waals surface area contributed by atoms with Crippen LogP contribution in [0.2, 0.25) is 0 Å². The predicted octanol–water partition coefficient (Wildman–Crippen LogP) is 3.38. The Labute approximate surface area is 131 Å². The molecule has 0 fully saturated rings. The number of rotatable bonds is 3. The number of nitrogens with two attached hydrogens (primary N) is 1. The Balaban J connectivity index is 1.81. The van der Waals surface area contributed by atoms with Crippen molar-refractivity contribution in [2.24, 2.45) is 0 Å². The number of hydrogen-bond acceptors (Lipinski definition) is 5. The zero-order valence-electron chi connectivity index (χ0n) is 11.6. The summed E-state index contributed by atoms with van der Waals surface area (Å²) in [5, 5.41) is 2.90. The quantitative estimate of drug-likeness (QED) is 0.851. The molecule has 0 saturated carbocycles. The van der Waals surface area contributed by atoms with Crippen LogP contribution >= 0.6 is 23.1 Å². The summed E-state index contributed by atoms with van der Waals surface area (Å²) in [6.45, 7) is 0. The van der Waals surface area contributed by atoms with E-state index in [1.54, 1.807) is 36.6 Å². The molecule has 0 atom stereocenters. The molecule has 1 aliphatic rings. The second-order valence-electron chi connectivity index (χ2n) is 4.78. The molecule has 0 unspecified atom stereocenters. The summed E-state index contributed by atoms with van der Waals surface area (Å²) in [7, 11) is 1.56. The monoisotopic (exact) mass is 320 g/mol. The van der Waals surface area contributed by atoms with Crippen LogP contribution in [0.15, 0.2) is 24.3 Å². The lowest BCUT2D eigenvalue weighted by Crippen LogP contribution is -2.11. The third-order valence-corrected chi connectivity index (χ3v) is 5.57. The largest absolute Gasteiger partial charge is 0.494 e. The molecule has 0 aliphatic carbocycles. The molecular formula is C15H16N2O2S2. The molecule has 6 heteroatoms. The summed E-state index contributed by atoms with van der Waals surface area (Å²) in [6, 6.07) is 7.21. The van der Waals surface area contributed by atoms with Gasteiger partial charge in [0.05, 0.1) is 17.7 Å². The summed E-state index contributed by atoms with van der Waals surface area (Å²) in [6.07, 6.45) is 1.06. The number of carbonyl (C=O) groups excluding carboxylic acids is 1. The number of aryl methyl sites for hydroxylation is 1. The lowest BCUT2D eigenvalue weighted by Gasteiger charge is -2.10. The maximum Gasteiger partial charge on any atom is 0.265 e. The molecule has 1 aliphatic heterocycles. The highest BCUT2D eigenvalue weighted by molar-refractivity contribution is 7.98. The Morgan fingerprint density at radius 1 is 1.38 bits per heavy atom. The van der Waals surface area contributed by atoms with Crippen LogP contribution in [0, 0.1) is 0 Å². The van der Waals surface area contributed by atoms with E-state index in [0.29, 0.717) is 17.1 Å². The maximum atomic E-state index is 12.4. The highest BCUT2D eigenvalue weighted by Gasteiger charge is 2.18. The van der Waals surface area contributed by atoms with Crippen LogP contribution in [0.25, 0.3) is 0 Å². The number of anilines is 2. The molecule has 1 amide bonds. The van der Waals surface area contributed by atoms with Crippen LogP contribution in [-0.2, 0) is 12.2 Å². The van der Waals surface area contributed by atoms with E-state index in [1.165, 1.54) is 10.4 Å². The first kappa shape index (κ1) is 14.3. The second-order valence-corrected chi connectivity index (χ2v) is 7.02. The molecule has 1 aromatic carbocycles. The fourth-order valence-corrected chi connectivity index (χ4v) is 4.52. The van der Waals surface area contributed by atoms with Crippen molar-refractivity contribution in [3.05, 3.63) is 39.6 Å². The van der Waals surface area contributed by atoms with Crippen LogP contribution in [0.4, 0.5) is 11.4 Å². The Morgan fingerprint density at radius 3 is 3.00 bits per heavy atom. The maximum absolute atomic E-state index is 12.4. The lowest BCUT2D eigenvalue weighted by atomic mass is 10.2. The number of thiophene rings is 1. The van der Waals surface area contributed by atoms with Crippen molar-refractivity contribution in [1.82, 2.24) is 0 Å². The summed E-state index contributed by atoms with van der Waals surface area (Å²) >= 11 is 3.50. The standard InChI is InChI=1S/C15H16N2O2S2/c1-19-12-7-10(16)2-3-11(12)17-15(18)14-6-9-8-20-5-4-13(9)21-14/h2-3,6-7H,4-5,8,16H2,1H3,(H,17,18). The van der Waals surface area contributed by atoms with Crippen LogP contribution in [0.3, 0.4) is 0 Å². The van der Waals surface area contributed by atoms with Crippen molar-refractivity contribution in [3.63, 3.8) is 0 Å². The van der Waals surface area contributed by atoms with Gasteiger partial charge in [-0.2, -0.15) is 11.8 Å². The molecule has 2 aromatic rings. The van der Waals surface area contributed by atoms with E-state index in [2.05, 4.69) is 5.32 Å². The predicted molar refractivity (Wildman–Crippen MR) is 89.5 cm³/mol. The zero-order valence-corrected chi connectivity index (χ0v) is 13.3. The molecule has 2 heterocycles. The smallest absolute Gasteiger partial charge is 0.265 e. The normalized spacial score (nSPS) is 13.6. The number of ether oxygens (including phenoxy) is 1. The van der Waals surface area contributed by atoms with Crippen molar-refractivity contribution in [2.45, 2.75) is 12.2 Å². The van der Waals surface area contributed by atoms with Gasteiger partial charge in [0.1, 0.15) is 5.75 Å². The van der Waals surface area contributed by atoms with E-state index >= 15 is 0 Å². The molecule has 21 heavy (non-hydrogen) atoms. The van der Waals surface area contributed by atoms with Crippen molar-refractivity contribution >= 4 is 40.4 Å². The number of methoxy groups -OCH3 is 1. The molecule has 4 nitrogen and oxygen atoms in total. The minimum atomic E-state index is -0.0949. The molecule has 0 bridgehead atoms. The number of carbonyl (C=O) groups is 1. The first-order valence-corrected chi connectivity index (χ1v) is 8.58. The first-order valence-electron chi connectivity index (χ1n) is 6.61. The van der Waals surface area contributed by atoms with Crippen molar-refractivity contribution < 1.29 is 9.53 Å². The van der Waals surface area contributed by atoms with Gasteiger partial charge >= 0.3 is 0 Å². The van der Waals surface area contributed by atoms with Gasteiger partial charge in [-0.25, -0.2) is 0 Å². The molecule has 3 rings (SSSR count). The van der Waals surface area contributed by atoms with Gasteiger partial charge in [0, 0.05) is 22.4 Å². The van der Waals surface area contributed by atoms with Gasteiger partial charge in [-0.15, -0.1) is 11.3 Å². The minimum Gasteiger partial charge on any atom is -0.494 e. The van der Waals surface area contributed by atoms with E-state index in [4.69, 9.17) is 10.5 Å². The fourth-order valence-electron chi connectivity index (χ4n) is 2.25. The van der Waals surface area contributed by atoms with Crippen LogP contribution in [-0.4, -0.2) is 18.8 Å². The molecule has 0 saturated heterocycles. The van der Waals surface area contributed by atoms with Gasteiger partial charge in [0.25, 0.3) is 5.91 Å². The van der Waals surface area contributed by atoms with Gasteiger partial charge in [-0.3, -0.25) is 4.79 Å². The zero-order chi connectivity index (χ0) is 14.8. The van der Waals surface area contributed by atoms with Crippen molar-refractivity contribution in [1.29, 1.82) is 0 Å². The van der Waals surface area contributed by atoms with Gasteiger partial charge < -0.3 is 15.8 Å². The average Bonchev–Trinajstić information content (AvgIpc) is 2.93. The number of nitrogens with one attached hydrogen (secondary N) is 1. The SMILES string of the molecule is COc1cc(N)ccc1NC(=O)c1cc2c(s1)CCSC2. The topological polar surface area (TPSA) is 64.3 Å². The number of amides is 1. The molecular weight excluding hydrogens is 304 g/mol. The van der Waals surface area contributed by atoms with Gasteiger partial charge in [-0.05, 0) is 35.9 Å². The number of benzene rings is 1. The Hall–Kier alpha value is -1.66. The van der Waals surface area contributed by atoms with E-state index in [1.807, 2.05) is 17.8 Å². The van der Waals surface area contributed by atoms with Crippen molar-refractivity contribution in [2.75, 3.05) is 23.9 Å². The summed E-state index contributed by atoms with van der Waals surface area (Å²) < 4.78 is 5.25. The average molecular weight is 320 g/mol. The number of hydrogen-bond donors (Lipinski definition) is 2. The van der Waals surface area contributed by atoms with Crippen LogP contribution in [0.5, 0.6) is 5.75 Å². The second kappa shape index (κ2) is 5.99. The molecule has 0 radical (unpaired) electrons. The van der Waals surface area contributed by atoms with E-state index < -0.39 is 0 Å². The first-order chi connectivity index (χ1) is 10.2. The highest BCUT2D eigenvalue weighted by atomic mass is 32.2. The van der Waals surface area contributed by atoms with E-state index in [0.717, 1.165) is 22.8 Å². The third-order valence-electron chi connectivity index (χ3n) is 3.33. The van der Waals surface area contributed by atoms with Crippen molar-refractivity contribution in [3.8, 4) is 5.75 Å². The van der Waals surface area contributed by atoms with E-state index in [-0.39, 0.29) is 5.91 Å². The Morgan fingerprint density at radius 2 is 2.24 bits per heavy atom. The van der Waals surface area contributed by atoms with Gasteiger partial charge in [0.15, 0.2) is 0 Å². The summed E-state index contributed by atoms with van der Waals surface area (Å²) in [5.41, 5.74) is 8.26. The number of nitrogen functional groups attached to an aromatic ring is 1. The summed E-state index contributed by atoms with van der Waals surface area (Å²) in [4.78, 5) is 14.5. The molecule has 1 aromatic heterocycles. The van der Waals surface area contributed by atoms with Crippen LogP contribution < -0.4 is 15.8 Å². The lowest BCUT2D eigenvalue weighted by molar-refractivity contribution is 0.103. The third kappa shape index (κ3) is 3.01. The van der Waals surface area contributed by atoms with Crippen LogP contribution in [0.1, 0.15) is 20.1 Å².